The number of primary amides is 1. The fourth-order valence-electron chi connectivity index (χ4n) is 2.40. The zero-order valence-electron chi connectivity index (χ0n) is 9.13. The van der Waals surface area contributed by atoms with Crippen LogP contribution in [0.5, 0.6) is 0 Å². The van der Waals surface area contributed by atoms with Crippen molar-refractivity contribution in [3.05, 3.63) is 34.9 Å². The SMILES string of the molecule is CNC1(C(N)=O)CCc2ccc(C)cc21. The van der Waals surface area contributed by atoms with Gasteiger partial charge in [-0.15, -0.1) is 0 Å². The van der Waals surface area contributed by atoms with E-state index >= 15 is 0 Å². The molecule has 1 aliphatic carbocycles. The first-order valence-electron chi connectivity index (χ1n) is 5.19. The molecule has 1 aromatic carbocycles. The Bertz CT molecular complexity index is 414. The topological polar surface area (TPSA) is 55.1 Å². The first-order chi connectivity index (χ1) is 7.10. The van der Waals surface area contributed by atoms with Crippen molar-refractivity contribution in [1.82, 2.24) is 5.32 Å². The molecule has 3 nitrogen and oxygen atoms in total. The number of aryl methyl sites for hydroxylation is 2. The van der Waals surface area contributed by atoms with Crippen molar-refractivity contribution in [1.29, 1.82) is 0 Å². The highest BCUT2D eigenvalue weighted by Crippen LogP contribution is 2.36. The molecule has 1 aromatic rings. The molecule has 0 heterocycles. The van der Waals surface area contributed by atoms with Crippen molar-refractivity contribution in [2.45, 2.75) is 25.3 Å². The lowest BCUT2D eigenvalue weighted by Gasteiger charge is -2.26. The Balaban J connectivity index is 2.59. The molecule has 0 spiro atoms. The third kappa shape index (κ3) is 1.35. The lowest BCUT2D eigenvalue weighted by Crippen LogP contribution is -2.49. The fraction of sp³-hybridized carbons (Fsp3) is 0.417. The second-order valence-electron chi connectivity index (χ2n) is 4.18. The van der Waals surface area contributed by atoms with Crippen LogP contribution in [0.1, 0.15) is 23.1 Å². The van der Waals surface area contributed by atoms with Gasteiger partial charge in [0.1, 0.15) is 5.54 Å². The third-order valence-electron chi connectivity index (χ3n) is 3.34. The molecule has 0 radical (unpaired) electrons. The fourth-order valence-corrected chi connectivity index (χ4v) is 2.40. The Morgan fingerprint density at radius 1 is 1.53 bits per heavy atom. The molecule has 15 heavy (non-hydrogen) atoms. The molecule has 80 valence electrons. The van der Waals surface area contributed by atoms with E-state index in [1.54, 1.807) is 7.05 Å². The van der Waals surface area contributed by atoms with Crippen LogP contribution in [-0.4, -0.2) is 13.0 Å². The Morgan fingerprint density at radius 3 is 2.87 bits per heavy atom. The van der Waals surface area contributed by atoms with Gasteiger partial charge in [-0.25, -0.2) is 0 Å². The maximum Gasteiger partial charge on any atom is 0.242 e. The lowest BCUT2D eigenvalue weighted by atomic mass is 9.90. The van der Waals surface area contributed by atoms with Crippen molar-refractivity contribution in [2.24, 2.45) is 5.73 Å². The summed E-state index contributed by atoms with van der Waals surface area (Å²) in [6.45, 7) is 2.03. The van der Waals surface area contributed by atoms with Crippen molar-refractivity contribution < 1.29 is 4.79 Å². The van der Waals surface area contributed by atoms with Gasteiger partial charge in [0, 0.05) is 0 Å². The number of amides is 1. The second-order valence-corrected chi connectivity index (χ2v) is 4.18. The van der Waals surface area contributed by atoms with Gasteiger partial charge in [-0.1, -0.05) is 23.8 Å². The number of nitrogens with one attached hydrogen (secondary N) is 1. The summed E-state index contributed by atoms with van der Waals surface area (Å²) < 4.78 is 0. The van der Waals surface area contributed by atoms with E-state index in [0.717, 1.165) is 24.0 Å². The summed E-state index contributed by atoms with van der Waals surface area (Å²) in [5.74, 6) is -0.283. The summed E-state index contributed by atoms with van der Waals surface area (Å²) in [4.78, 5) is 11.6. The molecule has 0 bridgehead atoms. The minimum absolute atomic E-state index is 0.283. The van der Waals surface area contributed by atoms with Crippen LogP contribution in [-0.2, 0) is 16.8 Å². The van der Waals surface area contributed by atoms with E-state index in [1.807, 2.05) is 6.92 Å². The smallest absolute Gasteiger partial charge is 0.242 e. The van der Waals surface area contributed by atoms with Gasteiger partial charge in [-0.2, -0.15) is 0 Å². The normalized spacial score (nSPS) is 23.9. The van der Waals surface area contributed by atoms with Crippen LogP contribution in [0.4, 0.5) is 0 Å². The zero-order chi connectivity index (χ0) is 11.1. The van der Waals surface area contributed by atoms with E-state index < -0.39 is 5.54 Å². The molecule has 0 fully saturated rings. The van der Waals surface area contributed by atoms with Crippen LogP contribution in [0.3, 0.4) is 0 Å². The van der Waals surface area contributed by atoms with Gasteiger partial charge in [0.2, 0.25) is 5.91 Å². The molecule has 1 amide bonds. The van der Waals surface area contributed by atoms with E-state index in [1.165, 1.54) is 5.56 Å². The van der Waals surface area contributed by atoms with E-state index in [2.05, 4.69) is 23.5 Å². The number of nitrogens with two attached hydrogens (primary N) is 1. The summed E-state index contributed by atoms with van der Waals surface area (Å²) in [5, 5.41) is 3.09. The summed E-state index contributed by atoms with van der Waals surface area (Å²) in [6.07, 6.45) is 1.68. The summed E-state index contributed by atoms with van der Waals surface area (Å²) in [6, 6.07) is 6.22. The van der Waals surface area contributed by atoms with Crippen LogP contribution in [0.2, 0.25) is 0 Å². The highest BCUT2D eigenvalue weighted by atomic mass is 16.1. The highest BCUT2D eigenvalue weighted by molar-refractivity contribution is 5.87. The maximum absolute atomic E-state index is 11.6. The van der Waals surface area contributed by atoms with Gasteiger partial charge >= 0.3 is 0 Å². The maximum atomic E-state index is 11.6. The molecule has 1 unspecified atom stereocenters. The monoisotopic (exact) mass is 204 g/mol. The van der Waals surface area contributed by atoms with Gasteiger partial charge in [0.05, 0.1) is 0 Å². The molecule has 0 saturated carbocycles. The van der Waals surface area contributed by atoms with Crippen molar-refractivity contribution in [3.63, 3.8) is 0 Å². The van der Waals surface area contributed by atoms with Crippen LogP contribution >= 0.6 is 0 Å². The molecule has 0 saturated heterocycles. The number of carbonyl (C=O) groups is 1. The standard InChI is InChI=1S/C12H16N2O/c1-8-3-4-9-5-6-12(14-2,11(13)15)10(9)7-8/h3-4,7,14H,5-6H2,1-2H3,(H2,13,15). The number of hydrogen-bond acceptors (Lipinski definition) is 2. The van der Waals surface area contributed by atoms with Gasteiger partial charge in [0.25, 0.3) is 0 Å². The predicted octanol–water partition coefficient (Wildman–Crippen LogP) is 0.841. The number of benzene rings is 1. The second kappa shape index (κ2) is 3.35. The number of fused-ring (bicyclic) bond motifs is 1. The first kappa shape index (κ1) is 10.2. The van der Waals surface area contributed by atoms with E-state index in [9.17, 15) is 4.79 Å². The zero-order valence-corrected chi connectivity index (χ0v) is 9.13. The molecule has 0 aromatic heterocycles. The number of likely N-dealkylation sites (N-methyl/N-ethyl adjacent to an activating group) is 1. The van der Waals surface area contributed by atoms with Crippen LogP contribution in [0.15, 0.2) is 18.2 Å². The van der Waals surface area contributed by atoms with E-state index in [-0.39, 0.29) is 5.91 Å². The average molecular weight is 204 g/mol. The Hall–Kier alpha value is -1.35. The summed E-state index contributed by atoms with van der Waals surface area (Å²) in [5.41, 5.74) is 8.30. The Kier molecular flexibility index (Phi) is 2.27. The largest absolute Gasteiger partial charge is 0.368 e. The quantitative estimate of drug-likeness (QED) is 0.750. The molecule has 3 heteroatoms. The molecular weight excluding hydrogens is 188 g/mol. The molecule has 1 aliphatic rings. The van der Waals surface area contributed by atoms with Crippen LogP contribution < -0.4 is 11.1 Å². The van der Waals surface area contributed by atoms with Crippen LogP contribution in [0.25, 0.3) is 0 Å². The summed E-state index contributed by atoms with van der Waals surface area (Å²) in [7, 11) is 1.79. The number of hydrogen-bond donors (Lipinski definition) is 2. The minimum Gasteiger partial charge on any atom is -0.368 e. The highest BCUT2D eigenvalue weighted by Gasteiger charge is 2.42. The molecule has 3 N–H and O–H groups in total. The lowest BCUT2D eigenvalue weighted by molar-refractivity contribution is -0.124. The predicted molar refractivity (Wildman–Crippen MR) is 59.4 cm³/mol. The molecule has 0 aliphatic heterocycles. The number of carbonyl (C=O) groups excluding carboxylic acids is 1. The van der Waals surface area contributed by atoms with E-state index in [4.69, 9.17) is 5.73 Å². The van der Waals surface area contributed by atoms with E-state index in [0.29, 0.717) is 0 Å². The van der Waals surface area contributed by atoms with Gasteiger partial charge < -0.3 is 11.1 Å². The van der Waals surface area contributed by atoms with Gasteiger partial charge in [-0.05, 0) is 37.9 Å². The van der Waals surface area contributed by atoms with Crippen LogP contribution in [0, 0.1) is 6.92 Å². The number of rotatable bonds is 2. The minimum atomic E-state index is -0.651. The Morgan fingerprint density at radius 2 is 2.27 bits per heavy atom. The van der Waals surface area contributed by atoms with Gasteiger partial charge in [0.15, 0.2) is 0 Å². The molecule has 2 rings (SSSR count). The molecular formula is C12H16N2O. The first-order valence-corrected chi connectivity index (χ1v) is 5.19. The molecule has 1 atom stereocenters. The van der Waals surface area contributed by atoms with Crippen molar-refractivity contribution in [3.8, 4) is 0 Å². The third-order valence-corrected chi connectivity index (χ3v) is 3.34. The van der Waals surface area contributed by atoms with Crippen molar-refractivity contribution >= 4 is 5.91 Å². The Labute approximate surface area is 89.7 Å². The van der Waals surface area contributed by atoms with Gasteiger partial charge in [-0.3, -0.25) is 4.79 Å². The average Bonchev–Trinajstić information content (AvgIpc) is 2.57. The van der Waals surface area contributed by atoms with Crippen molar-refractivity contribution in [2.75, 3.05) is 7.05 Å². The summed E-state index contributed by atoms with van der Waals surface area (Å²) >= 11 is 0.